The van der Waals surface area contributed by atoms with Crippen molar-refractivity contribution in [2.75, 3.05) is 4.90 Å². The molecule has 0 spiro atoms. The normalized spacial score (nSPS) is 17.9. The van der Waals surface area contributed by atoms with Crippen LogP contribution < -0.4 is 4.90 Å². The summed E-state index contributed by atoms with van der Waals surface area (Å²) in [6.45, 7) is 0. The summed E-state index contributed by atoms with van der Waals surface area (Å²) in [5, 5.41) is 21.8. The average molecular weight is 400 g/mol. The van der Waals surface area contributed by atoms with Crippen LogP contribution in [0, 0.1) is 10.1 Å². The van der Waals surface area contributed by atoms with Crippen molar-refractivity contribution >= 4 is 28.8 Å². The van der Waals surface area contributed by atoms with Crippen LogP contribution >= 0.6 is 0 Å². The van der Waals surface area contributed by atoms with Crippen molar-refractivity contribution in [3.63, 3.8) is 0 Å². The maximum atomic E-state index is 12.9. The van der Waals surface area contributed by atoms with E-state index in [2.05, 4.69) is 0 Å². The largest absolute Gasteiger partial charge is 0.507 e. The van der Waals surface area contributed by atoms with Gasteiger partial charge < -0.3 is 5.11 Å². The Bertz CT molecular complexity index is 1160. The van der Waals surface area contributed by atoms with Gasteiger partial charge in [0.2, 0.25) is 0 Å². The molecular weight excluding hydrogens is 384 g/mol. The number of aliphatic hydroxyl groups excluding tert-OH is 1. The van der Waals surface area contributed by atoms with Crippen LogP contribution in [0.15, 0.2) is 90.5 Å². The molecule has 7 nitrogen and oxygen atoms in total. The molecule has 1 fully saturated rings. The fourth-order valence-corrected chi connectivity index (χ4v) is 3.53. The van der Waals surface area contributed by atoms with E-state index in [-0.39, 0.29) is 22.6 Å². The SMILES string of the molecule is O=C1C(=O)N(c2ccccc2)[C@H](c2ccccc2)C1=C(O)c1ccc([N+](=O)[O-])cc1. The molecule has 4 rings (SSSR count). The lowest BCUT2D eigenvalue weighted by atomic mass is 9.95. The monoisotopic (exact) mass is 400 g/mol. The number of ketones is 1. The Kier molecular flexibility index (Phi) is 4.85. The predicted octanol–water partition coefficient (Wildman–Crippen LogP) is 4.22. The molecule has 1 heterocycles. The molecule has 0 radical (unpaired) electrons. The van der Waals surface area contributed by atoms with Crippen LogP contribution in [0.3, 0.4) is 0 Å². The Morgan fingerprint density at radius 3 is 2.00 bits per heavy atom. The van der Waals surface area contributed by atoms with Gasteiger partial charge in [0.25, 0.3) is 17.4 Å². The number of benzene rings is 3. The average Bonchev–Trinajstić information content (AvgIpc) is 3.05. The molecule has 1 aliphatic rings. The van der Waals surface area contributed by atoms with Gasteiger partial charge in [-0.25, -0.2) is 0 Å². The quantitative estimate of drug-likeness (QED) is 0.232. The fourth-order valence-electron chi connectivity index (χ4n) is 3.53. The number of carbonyl (C=O) groups excluding carboxylic acids is 2. The number of anilines is 1. The summed E-state index contributed by atoms with van der Waals surface area (Å²) in [5.41, 5.74) is 1.19. The summed E-state index contributed by atoms with van der Waals surface area (Å²) in [5.74, 6) is -1.95. The Hall–Kier alpha value is -4.26. The molecule has 1 saturated heterocycles. The highest BCUT2D eigenvalue weighted by Gasteiger charge is 2.46. The highest BCUT2D eigenvalue weighted by Crippen LogP contribution is 2.42. The third-order valence-corrected chi connectivity index (χ3v) is 4.95. The van der Waals surface area contributed by atoms with E-state index >= 15 is 0 Å². The van der Waals surface area contributed by atoms with Crippen molar-refractivity contribution in [1.29, 1.82) is 0 Å². The molecule has 0 unspecified atom stereocenters. The molecular formula is C23H16N2O5. The summed E-state index contributed by atoms with van der Waals surface area (Å²) in [6, 6.07) is 22.0. The minimum absolute atomic E-state index is 0.0658. The standard InChI is InChI=1S/C23H16N2O5/c26-21(16-11-13-18(14-12-16)25(29)30)19-20(15-7-3-1-4-8-15)24(23(28)22(19)27)17-9-5-2-6-10-17/h1-14,20,26H/t20-/m1/s1. The molecule has 30 heavy (non-hydrogen) atoms. The minimum Gasteiger partial charge on any atom is -0.507 e. The lowest BCUT2D eigenvalue weighted by Gasteiger charge is -2.25. The van der Waals surface area contributed by atoms with Crippen molar-refractivity contribution in [1.82, 2.24) is 0 Å². The number of carbonyl (C=O) groups is 2. The van der Waals surface area contributed by atoms with Crippen LogP contribution in [0.5, 0.6) is 0 Å². The molecule has 3 aromatic rings. The maximum Gasteiger partial charge on any atom is 0.300 e. The molecule has 1 amide bonds. The summed E-state index contributed by atoms with van der Waals surface area (Å²) in [6.07, 6.45) is 0. The first-order chi connectivity index (χ1) is 14.5. The van der Waals surface area contributed by atoms with Crippen LogP contribution in [0.4, 0.5) is 11.4 Å². The lowest BCUT2D eigenvalue weighted by molar-refractivity contribution is -0.384. The molecule has 7 heteroatoms. The Balaban J connectivity index is 1.90. The van der Waals surface area contributed by atoms with Crippen molar-refractivity contribution < 1.29 is 19.6 Å². The number of nitro benzene ring substituents is 1. The van der Waals surface area contributed by atoms with Gasteiger partial charge in [0.1, 0.15) is 5.76 Å². The number of hydrogen-bond donors (Lipinski definition) is 1. The highest BCUT2D eigenvalue weighted by molar-refractivity contribution is 6.51. The zero-order valence-electron chi connectivity index (χ0n) is 15.6. The lowest BCUT2D eigenvalue weighted by Crippen LogP contribution is -2.29. The molecule has 1 N–H and O–H groups in total. The number of nitrogens with zero attached hydrogens (tertiary/aromatic N) is 2. The van der Waals surface area contributed by atoms with E-state index in [0.717, 1.165) is 0 Å². The number of Topliss-reactive ketones (excluding diaryl/α,β-unsaturated/α-hetero) is 1. The van der Waals surface area contributed by atoms with Gasteiger partial charge in [-0.1, -0.05) is 48.5 Å². The fraction of sp³-hybridized carbons (Fsp3) is 0.0435. The van der Waals surface area contributed by atoms with Gasteiger partial charge in [0, 0.05) is 23.4 Å². The zero-order chi connectivity index (χ0) is 21.3. The van der Waals surface area contributed by atoms with Crippen LogP contribution in [0.2, 0.25) is 0 Å². The number of non-ortho nitro benzene ring substituents is 1. The molecule has 0 aromatic heterocycles. The first-order valence-corrected chi connectivity index (χ1v) is 9.15. The molecule has 148 valence electrons. The second kappa shape index (κ2) is 7.63. The molecule has 1 atom stereocenters. The van der Waals surface area contributed by atoms with Gasteiger partial charge in [0.05, 0.1) is 16.5 Å². The van der Waals surface area contributed by atoms with Crippen LogP contribution in [0.1, 0.15) is 17.2 Å². The molecule has 0 aliphatic carbocycles. The number of para-hydroxylation sites is 1. The highest BCUT2D eigenvalue weighted by atomic mass is 16.6. The van der Waals surface area contributed by atoms with E-state index < -0.39 is 22.7 Å². The zero-order valence-corrected chi connectivity index (χ0v) is 15.6. The minimum atomic E-state index is -0.830. The third kappa shape index (κ3) is 3.22. The topological polar surface area (TPSA) is 101 Å². The number of rotatable bonds is 4. The molecule has 0 bridgehead atoms. The Labute approximate surface area is 171 Å². The second-order valence-electron chi connectivity index (χ2n) is 6.72. The maximum absolute atomic E-state index is 12.9. The predicted molar refractivity (Wildman–Crippen MR) is 111 cm³/mol. The summed E-state index contributed by atoms with van der Waals surface area (Å²) in [4.78, 5) is 37.6. The van der Waals surface area contributed by atoms with Gasteiger partial charge in [-0.3, -0.25) is 24.6 Å². The third-order valence-electron chi connectivity index (χ3n) is 4.95. The first-order valence-electron chi connectivity index (χ1n) is 9.15. The van der Waals surface area contributed by atoms with E-state index in [0.29, 0.717) is 11.3 Å². The molecule has 3 aromatic carbocycles. The summed E-state index contributed by atoms with van der Waals surface area (Å²) >= 11 is 0. The Morgan fingerprint density at radius 2 is 1.43 bits per heavy atom. The summed E-state index contributed by atoms with van der Waals surface area (Å²) in [7, 11) is 0. The van der Waals surface area contributed by atoms with Crippen molar-refractivity contribution in [2.24, 2.45) is 0 Å². The van der Waals surface area contributed by atoms with Crippen LogP contribution in [0.25, 0.3) is 5.76 Å². The second-order valence-corrected chi connectivity index (χ2v) is 6.72. The Morgan fingerprint density at radius 1 is 0.867 bits per heavy atom. The number of nitro groups is 1. The molecule has 0 saturated carbocycles. The van der Waals surface area contributed by atoms with Gasteiger partial charge in [-0.15, -0.1) is 0 Å². The number of amides is 1. The summed E-state index contributed by atoms with van der Waals surface area (Å²) < 4.78 is 0. The number of hydrogen-bond acceptors (Lipinski definition) is 5. The van der Waals surface area contributed by atoms with Crippen LogP contribution in [-0.4, -0.2) is 21.7 Å². The van der Waals surface area contributed by atoms with Crippen molar-refractivity contribution in [3.05, 3.63) is 112 Å². The number of aliphatic hydroxyl groups is 1. The van der Waals surface area contributed by atoms with Gasteiger partial charge in [0.15, 0.2) is 0 Å². The first kappa shape index (κ1) is 19.1. The smallest absolute Gasteiger partial charge is 0.300 e. The van der Waals surface area contributed by atoms with Crippen LogP contribution in [-0.2, 0) is 9.59 Å². The van der Waals surface area contributed by atoms with Gasteiger partial charge in [-0.05, 0) is 29.8 Å². The van der Waals surface area contributed by atoms with Crippen molar-refractivity contribution in [3.8, 4) is 0 Å². The van der Waals surface area contributed by atoms with E-state index in [1.807, 2.05) is 6.07 Å². The molecule has 1 aliphatic heterocycles. The van der Waals surface area contributed by atoms with Gasteiger partial charge in [-0.2, -0.15) is 0 Å². The van der Waals surface area contributed by atoms with E-state index in [4.69, 9.17) is 0 Å². The van der Waals surface area contributed by atoms with E-state index in [1.165, 1.54) is 29.2 Å². The van der Waals surface area contributed by atoms with E-state index in [1.54, 1.807) is 54.6 Å². The van der Waals surface area contributed by atoms with Crippen molar-refractivity contribution in [2.45, 2.75) is 6.04 Å². The van der Waals surface area contributed by atoms with Gasteiger partial charge >= 0.3 is 0 Å². The van der Waals surface area contributed by atoms with E-state index in [9.17, 15) is 24.8 Å².